The van der Waals surface area contributed by atoms with E-state index in [1.165, 1.54) is 4.31 Å². The van der Waals surface area contributed by atoms with Gasteiger partial charge in [0.05, 0.1) is 10.7 Å². The lowest BCUT2D eigenvalue weighted by Gasteiger charge is -2.30. The third-order valence-electron chi connectivity index (χ3n) is 3.45. The van der Waals surface area contributed by atoms with Crippen LogP contribution in [0.25, 0.3) is 0 Å². The Hall–Kier alpha value is -0.890. The van der Waals surface area contributed by atoms with E-state index in [0.717, 1.165) is 12.8 Å². The second-order valence-electron chi connectivity index (χ2n) is 5.27. The van der Waals surface area contributed by atoms with E-state index < -0.39 is 10.2 Å². The smallest absolute Gasteiger partial charge is 0.301 e. The van der Waals surface area contributed by atoms with Crippen molar-refractivity contribution in [3.05, 3.63) is 28.8 Å². The molecule has 0 amide bonds. The highest BCUT2D eigenvalue weighted by Crippen LogP contribution is 2.26. The van der Waals surface area contributed by atoms with Crippen LogP contribution in [-0.4, -0.2) is 30.8 Å². The fraction of sp³-hybridized carbons (Fsp3) is 0.462. The number of thiocarbonyl (C=S) groups is 1. The van der Waals surface area contributed by atoms with Gasteiger partial charge in [-0.1, -0.05) is 30.7 Å². The van der Waals surface area contributed by atoms with Gasteiger partial charge in [-0.2, -0.15) is 12.7 Å². The lowest BCUT2D eigenvalue weighted by molar-refractivity contribution is 0.282. The van der Waals surface area contributed by atoms with E-state index in [1.807, 2.05) is 6.92 Å². The van der Waals surface area contributed by atoms with E-state index >= 15 is 0 Å². The lowest BCUT2D eigenvalue weighted by Crippen LogP contribution is -2.42. The number of rotatable bonds is 4. The van der Waals surface area contributed by atoms with Gasteiger partial charge in [0, 0.05) is 18.7 Å². The first-order valence-corrected chi connectivity index (χ1v) is 8.89. The molecule has 0 aromatic heterocycles. The molecule has 0 spiro atoms. The standard InChI is InChI=1S/C13H18ClN3O2S2/c1-9-3-2-6-17(8-9)21(18,19)16-12-5-4-10(13(15)20)7-11(12)14/h4-5,7,9,16H,2-3,6,8H2,1H3,(H2,15,20). The average molecular weight is 348 g/mol. The predicted octanol–water partition coefficient (Wildman–Crippen LogP) is 2.36. The summed E-state index contributed by atoms with van der Waals surface area (Å²) in [6.07, 6.45) is 1.92. The third-order valence-corrected chi connectivity index (χ3v) is 5.49. The minimum atomic E-state index is -3.59. The van der Waals surface area contributed by atoms with Crippen LogP contribution in [0.4, 0.5) is 5.69 Å². The Kier molecular flexibility index (Phi) is 5.08. The molecule has 1 aliphatic rings. The molecule has 2 rings (SSSR count). The van der Waals surface area contributed by atoms with Gasteiger partial charge in [0.15, 0.2) is 0 Å². The molecule has 8 heteroatoms. The van der Waals surface area contributed by atoms with E-state index in [1.54, 1.807) is 18.2 Å². The lowest BCUT2D eigenvalue weighted by atomic mass is 10.0. The van der Waals surface area contributed by atoms with Gasteiger partial charge < -0.3 is 5.73 Å². The Balaban J connectivity index is 2.18. The Bertz CT molecular complexity index is 649. The normalized spacial score (nSPS) is 20.2. The van der Waals surface area contributed by atoms with Crippen molar-refractivity contribution in [1.29, 1.82) is 0 Å². The molecule has 21 heavy (non-hydrogen) atoms. The van der Waals surface area contributed by atoms with Crippen LogP contribution in [0, 0.1) is 5.92 Å². The quantitative estimate of drug-likeness (QED) is 0.820. The summed E-state index contributed by atoms with van der Waals surface area (Å²) < 4.78 is 28.7. The molecular formula is C13H18ClN3O2S2. The Morgan fingerprint density at radius 3 is 2.81 bits per heavy atom. The zero-order valence-corrected chi connectivity index (χ0v) is 14.1. The molecule has 1 saturated heterocycles. The maximum atomic E-state index is 12.4. The fourth-order valence-electron chi connectivity index (χ4n) is 2.32. The second kappa shape index (κ2) is 6.48. The van der Waals surface area contributed by atoms with Gasteiger partial charge in [-0.3, -0.25) is 4.72 Å². The first-order chi connectivity index (χ1) is 9.79. The first-order valence-electron chi connectivity index (χ1n) is 6.67. The highest BCUT2D eigenvalue weighted by molar-refractivity contribution is 7.90. The number of hydrogen-bond acceptors (Lipinski definition) is 3. The molecular weight excluding hydrogens is 330 g/mol. The largest absolute Gasteiger partial charge is 0.389 e. The average Bonchev–Trinajstić information content (AvgIpc) is 2.40. The van der Waals surface area contributed by atoms with Crippen LogP contribution in [0.5, 0.6) is 0 Å². The van der Waals surface area contributed by atoms with Crippen molar-refractivity contribution in [2.45, 2.75) is 19.8 Å². The van der Waals surface area contributed by atoms with Crippen molar-refractivity contribution in [3.63, 3.8) is 0 Å². The minimum absolute atomic E-state index is 0.219. The molecule has 3 N–H and O–H groups in total. The molecule has 0 radical (unpaired) electrons. The van der Waals surface area contributed by atoms with E-state index in [2.05, 4.69) is 4.72 Å². The Morgan fingerprint density at radius 2 is 2.24 bits per heavy atom. The topological polar surface area (TPSA) is 75.4 Å². The fourth-order valence-corrected chi connectivity index (χ4v) is 4.14. The summed E-state index contributed by atoms with van der Waals surface area (Å²) in [4.78, 5) is 0.219. The molecule has 5 nitrogen and oxygen atoms in total. The van der Waals surface area contributed by atoms with Crippen LogP contribution in [-0.2, 0) is 10.2 Å². The summed E-state index contributed by atoms with van der Waals surface area (Å²) in [7, 11) is -3.59. The van der Waals surface area contributed by atoms with Crippen molar-refractivity contribution in [2.75, 3.05) is 17.8 Å². The van der Waals surface area contributed by atoms with Crippen LogP contribution in [0.2, 0.25) is 5.02 Å². The number of nitrogens with zero attached hydrogens (tertiary/aromatic N) is 1. The molecule has 1 aromatic rings. The monoisotopic (exact) mass is 347 g/mol. The molecule has 0 saturated carbocycles. The molecule has 1 unspecified atom stereocenters. The summed E-state index contributed by atoms with van der Waals surface area (Å²) in [6.45, 7) is 3.10. The van der Waals surface area contributed by atoms with Gasteiger partial charge >= 0.3 is 10.2 Å². The first kappa shape index (κ1) is 16.5. The number of nitrogens with two attached hydrogens (primary N) is 1. The van der Waals surface area contributed by atoms with Crippen LogP contribution in [0.3, 0.4) is 0 Å². The van der Waals surface area contributed by atoms with Crippen LogP contribution >= 0.6 is 23.8 Å². The molecule has 116 valence electrons. The van der Waals surface area contributed by atoms with E-state index in [-0.39, 0.29) is 10.0 Å². The molecule has 1 fully saturated rings. The number of benzene rings is 1. The summed E-state index contributed by atoms with van der Waals surface area (Å²) in [6, 6.07) is 4.77. The minimum Gasteiger partial charge on any atom is -0.389 e. The summed E-state index contributed by atoms with van der Waals surface area (Å²) in [5.74, 6) is 0.364. The molecule has 1 aromatic carbocycles. The molecule has 0 bridgehead atoms. The highest BCUT2D eigenvalue weighted by atomic mass is 35.5. The van der Waals surface area contributed by atoms with E-state index in [9.17, 15) is 8.42 Å². The van der Waals surface area contributed by atoms with Crippen LogP contribution in [0.15, 0.2) is 18.2 Å². The van der Waals surface area contributed by atoms with Gasteiger partial charge in [0.25, 0.3) is 0 Å². The van der Waals surface area contributed by atoms with Gasteiger partial charge in [-0.25, -0.2) is 0 Å². The highest BCUT2D eigenvalue weighted by Gasteiger charge is 2.27. The summed E-state index contributed by atoms with van der Waals surface area (Å²) in [5, 5.41) is 0.272. The molecule has 1 atom stereocenters. The van der Waals surface area contributed by atoms with Gasteiger partial charge in [-0.15, -0.1) is 0 Å². The summed E-state index contributed by atoms with van der Waals surface area (Å²) >= 11 is 10.9. The number of halogens is 1. The van der Waals surface area contributed by atoms with E-state index in [4.69, 9.17) is 29.6 Å². The van der Waals surface area contributed by atoms with Crippen molar-refractivity contribution in [1.82, 2.24) is 4.31 Å². The van der Waals surface area contributed by atoms with Crippen molar-refractivity contribution in [2.24, 2.45) is 11.7 Å². The Morgan fingerprint density at radius 1 is 1.52 bits per heavy atom. The van der Waals surface area contributed by atoms with Crippen molar-refractivity contribution >= 4 is 44.7 Å². The SMILES string of the molecule is CC1CCCN(S(=O)(=O)Nc2ccc(C(N)=S)cc2Cl)C1. The number of hydrogen-bond donors (Lipinski definition) is 2. The van der Waals surface area contributed by atoms with Crippen LogP contribution < -0.4 is 10.5 Å². The maximum Gasteiger partial charge on any atom is 0.301 e. The predicted molar refractivity (Wildman–Crippen MR) is 89.9 cm³/mol. The maximum absolute atomic E-state index is 12.4. The number of nitrogens with one attached hydrogen (secondary N) is 1. The van der Waals surface area contributed by atoms with Crippen molar-refractivity contribution < 1.29 is 8.42 Å². The Labute approximate surface area is 135 Å². The molecule has 1 aliphatic heterocycles. The van der Waals surface area contributed by atoms with Crippen LogP contribution in [0.1, 0.15) is 25.3 Å². The van der Waals surface area contributed by atoms with Gasteiger partial charge in [-0.05, 0) is 37.0 Å². The van der Waals surface area contributed by atoms with Crippen molar-refractivity contribution in [3.8, 4) is 0 Å². The molecule has 1 heterocycles. The second-order valence-corrected chi connectivity index (χ2v) is 7.79. The zero-order valence-electron chi connectivity index (χ0n) is 11.7. The zero-order chi connectivity index (χ0) is 15.6. The number of piperidine rings is 1. The molecule has 0 aliphatic carbocycles. The van der Waals surface area contributed by atoms with E-state index in [0.29, 0.717) is 30.3 Å². The number of anilines is 1. The van der Waals surface area contributed by atoms with Gasteiger partial charge in [0.2, 0.25) is 0 Å². The summed E-state index contributed by atoms with van der Waals surface area (Å²) in [5.41, 5.74) is 6.45. The van der Waals surface area contributed by atoms with Gasteiger partial charge in [0.1, 0.15) is 4.99 Å². The third kappa shape index (κ3) is 4.06.